The molecule has 0 saturated carbocycles. The number of halogens is 1. The van der Waals surface area contributed by atoms with Crippen LogP contribution in [0.4, 0.5) is 0 Å². The van der Waals surface area contributed by atoms with E-state index in [0.717, 1.165) is 15.7 Å². The maximum absolute atomic E-state index is 13.2. The molecule has 0 aliphatic rings. The van der Waals surface area contributed by atoms with Crippen molar-refractivity contribution in [2.24, 2.45) is 0 Å². The smallest absolute Gasteiger partial charge is 0.266 e. The van der Waals surface area contributed by atoms with Crippen molar-refractivity contribution in [3.8, 4) is 5.69 Å². The number of aromatic nitrogens is 2. The Morgan fingerprint density at radius 3 is 2.48 bits per heavy atom. The standard InChI is InChI=1S/C23H17BrN2O/c1-16-5-4-6-17(15-16)9-14-22-25-21-8-3-2-7-20(21)23(27)26(22)19-12-10-18(24)11-13-19/h2-15H,1H3. The first-order valence-electron chi connectivity index (χ1n) is 8.64. The Labute approximate surface area is 165 Å². The number of hydrogen-bond acceptors (Lipinski definition) is 2. The van der Waals surface area contributed by atoms with Gasteiger partial charge in [0.1, 0.15) is 5.82 Å². The highest BCUT2D eigenvalue weighted by Gasteiger charge is 2.10. The van der Waals surface area contributed by atoms with Gasteiger partial charge in [-0.05, 0) is 55.0 Å². The van der Waals surface area contributed by atoms with Gasteiger partial charge in [0.25, 0.3) is 5.56 Å². The molecule has 4 aromatic rings. The first-order chi connectivity index (χ1) is 13.1. The Kier molecular flexibility index (Phi) is 4.73. The van der Waals surface area contributed by atoms with Crippen molar-refractivity contribution in [3.63, 3.8) is 0 Å². The van der Waals surface area contributed by atoms with Gasteiger partial charge in [0.05, 0.1) is 16.6 Å². The summed E-state index contributed by atoms with van der Waals surface area (Å²) in [5, 5.41) is 0.605. The molecule has 0 spiro atoms. The van der Waals surface area contributed by atoms with Crippen molar-refractivity contribution in [1.29, 1.82) is 0 Å². The average Bonchev–Trinajstić information content (AvgIpc) is 2.68. The summed E-state index contributed by atoms with van der Waals surface area (Å²) < 4.78 is 2.62. The number of para-hydroxylation sites is 1. The molecular formula is C23H17BrN2O. The highest BCUT2D eigenvalue weighted by molar-refractivity contribution is 9.10. The quantitative estimate of drug-likeness (QED) is 0.433. The molecule has 3 nitrogen and oxygen atoms in total. The van der Waals surface area contributed by atoms with Crippen LogP contribution in [0.5, 0.6) is 0 Å². The predicted molar refractivity (Wildman–Crippen MR) is 115 cm³/mol. The molecule has 132 valence electrons. The van der Waals surface area contributed by atoms with Crippen molar-refractivity contribution in [1.82, 2.24) is 9.55 Å². The molecule has 27 heavy (non-hydrogen) atoms. The van der Waals surface area contributed by atoms with Gasteiger partial charge in [-0.2, -0.15) is 0 Å². The van der Waals surface area contributed by atoms with Crippen molar-refractivity contribution in [2.45, 2.75) is 6.92 Å². The van der Waals surface area contributed by atoms with Gasteiger partial charge in [0.15, 0.2) is 0 Å². The van der Waals surface area contributed by atoms with Crippen molar-refractivity contribution in [3.05, 3.63) is 105 Å². The predicted octanol–water partition coefficient (Wildman–Crippen LogP) is 5.63. The molecule has 0 unspecified atom stereocenters. The molecule has 4 rings (SSSR count). The van der Waals surface area contributed by atoms with Gasteiger partial charge in [-0.15, -0.1) is 0 Å². The largest absolute Gasteiger partial charge is 0.268 e. The van der Waals surface area contributed by atoms with Crippen LogP contribution in [-0.2, 0) is 0 Å². The molecule has 1 heterocycles. The second-order valence-corrected chi connectivity index (χ2v) is 7.27. The molecule has 0 bridgehead atoms. The number of hydrogen-bond donors (Lipinski definition) is 0. The van der Waals surface area contributed by atoms with Crippen LogP contribution in [0.25, 0.3) is 28.7 Å². The first-order valence-corrected chi connectivity index (χ1v) is 9.43. The fourth-order valence-electron chi connectivity index (χ4n) is 3.05. The van der Waals surface area contributed by atoms with Crippen molar-refractivity contribution >= 4 is 39.0 Å². The molecule has 4 heteroatoms. The van der Waals surface area contributed by atoms with Gasteiger partial charge in [0.2, 0.25) is 0 Å². The lowest BCUT2D eigenvalue weighted by Crippen LogP contribution is -2.22. The maximum Gasteiger partial charge on any atom is 0.266 e. The van der Waals surface area contributed by atoms with Crippen LogP contribution in [0.15, 0.2) is 82.1 Å². The molecule has 1 aromatic heterocycles. The molecule has 0 saturated heterocycles. The Hall–Kier alpha value is -2.98. The maximum atomic E-state index is 13.2. The minimum Gasteiger partial charge on any atom is -0.268 e. The Balaban J connectivity index is 1.93. The summed E-state index contributed by atoms with van der Waals surface area (Å²) in [5.41, 5.74) is 3.66. The summed E-state index contributed by atoms with van der Waals surface area (Å²) in [7, 11) is 0. The summed E-state index contributed by atoms with van der Waals surface area (Å²) in [6.45, 7) is 2.06. The zero-order valence-electron chi connectivity index (χ0n) is 14.8. The lowest BCUT2D eigenvalue weighted by Gasteiger charge is -2.11. The monoisotopic (exact) mass is 416 g/mol. The summed E-state index contributed by atoms with van der Waals surface area (Å²) in [4.78, 5) is 17.9. The van der Waals surface area contributed by atoms with E-state index in [-0.39, 0.29) is 5.56 Å². The summed E-state index contributed by atoms with van der Waals surface area (Å²) in [5.74, 6) is 0.600. The molecule has 0 radical (unpaired) electrons. The van der Waals surface area contributed by atoms with Crippen LogP contribution in [0.2, 0.25) is 0 Å². The van der Waals surface area contributed by atoms with Gasteiger partial charge in [-0.1, -0.05) is 64.0 Å². The fraction of sp³-hybridized carbons (Fsp3) is 0.0435. The second kappa shape index (κ2) is 7.33. The third-order valence-electron chi connectivity index (χ3n) is 4.35. The lowest BCUT2D eigenvalue weighted by atomic mass is 10.1. The molecule has 0 atom stereocenters. The van der Waals surface area contributed by atoms with Crippen LogP contribution in [0, 0.1) is 6.92 Å². The molecular weight excluding hydrogens is 400 g/mol. The van der Waals surface area contributed by atoms with Gasteiger partial charge in [-0.3, -0.25) is 9.36 Å². The highest BCUT2D eigenvalue weighted by atomic mass is 79.9. The average molecular weight is 417 g/mol. The minimum atomic E-state index is -0.0770. The van der Waals surface area contributed by atoms with Crippen LogP contribution < -0.4 is 5.56 Å². The van der Waals surface area contributed by atoms with Gasteiger partial charge in [-0.25, -0.2) is 4.98 Å². The van der Waals surface area contributed by atoms with Gasteiger partial charge in [0, 0.05) is 4.47 Å². The minimum absolute atomic E-state index is 0.0770. The zero-order chi connectivity index (χ0) is 18.8. The van der Waals surface area contributed by atoms with Crippen LogP contribution in [0.1, 0.15) is 17.0 Å². The van der Waals surface area contributed by atoms with Crippen LogP contribution in [0.3, 0.4) is 0 Å². The van der Waals surface area contributed by atoms with E-state index in [4.69, 9.17) is 4.98 Å². The lowest BCUT2D eigenvalue weighted by molar-refractivity contribution is 0.943. The van der Waals surface area contributed by atoms with Crippen molar-refractivity contribution < 1.29 is 0 Å². The van der Waals surface area contributed by atoms with E-state index >= 15 is 0 Å². The Morgan fingerprint density at radius 1 is 0.926 bits per heavy atom. The van der Waals surface area contributed by atoms with Crippen LogP contribution in [-0.4, -0.2) is 9.55 Å². The SMILES string of the molecule is Cc1cccc(C=Cc2nc3ccccc3c(=O)n2-c2ccc(Br)cc2)c1. The van der Waals surface area contributed by atoms with Crippen LogP contribution >= 0.6 is 15.9 Å². The third kappa shape index (κ3) is 3.62. The summed E-state index contributed by atoms with van der Waals surface area (Å²) in [6, 6.07) is 23.3. The molecule has 3 aromatic carbocycles. The molecule has 0 amide bonds. The Bertz CT molecular complexity index is 1210. The van der Waals surface area contributed by atoms with E-state index < -0.39 is 0 Å². The first kappa shape index (κ1) is 17.4. The number of fused-ring (bicyclic) bond motifs is 1. The summed E-state index contributed by atoms with van der Waals surface area (Å²) >= 11 is 3.45. The number of nitrogens with zero attached hydrogens (tertiary/aromatic N) is 2. The number of rotatable bonds is 3. The van der Waals surface area contributed by atoms with E-state index in [1.54, 1.807) is 4.57 Å². The van der Waals surface area contributed by atoms with E-state index in [1.165, 1.54) is 5.56 Å². The van der Waals surface area contributed by atoms with Gasteiger partial charge < -0.3 is 0 Å². The number of benzene rings is 3. The van der Waals surface area contributed by atoms with Gasteiger partial charge >= 0.3 is 0 Å². The topological polar surface area (TPSA) is 34.9 Å². The molecule has 0 aliphatic heterocycles. The van der Waals surface area contributed by atoms with Crippen molar-refractivity contribution in [2.75, 3.05) is 0 Å². The third-order valence-corrected chi connectivity index (χ3v) is 4.88. The van der Waals surface area contributed by atoms with E-state index in [1.807, 2.05) is 72.8 Å². The summed E-state index contributed by atoms with van der Waals surface area (Å²) in [6.07, 6.45) is 3.88. The fourth-order valence-corrected chi connectivity index (χ4v) is 3.31. The molecule has 0 N–H and O–H groups in total. The van der Waals surface area contributed by atoms with E-state index in [9.17, 15) is 4.79 Å². The van der Waals surface area contributed by atoms with E-state index in [0.29, 0.717) is 16.7 Å². The molecule has 0 aliphatic carbocycles. The Morgan fingerprint density at radius 2 is 1.70 bits per heavy atom. The molecule has 0 fully saturated rings. The zero-order valence-corrected chi connectivity index (χ0v) is 16.3. The normalized spacial score (nSPS) is 11.3. The second-order valence-electron chi connectivity index (χ2n) is 6.35. The number of aryl methyl sites for hydroxylation is 1. The van der Waals surface area contributed by atoms with E-state index in [2.05, 4.69) is 35.0 Å². The highest BCUT2D eigenvalue weighted by Crippen LogP contribution is 2.18.